The van der Waals surface area contributed by atoms with E-state index < -0.39 is 34.7 Å². The molecule has 9 nitrogen and oxygen atoms in total. The van der Waals surface area contributed by atoms with Crippen molar-refractivity contribution in [1.82, 2.24) is 9.47 Å². The highest BCUT2D eigenvalue weighted by atomic mass is 16.5. The molecule has 1 fully saturated rings. The largest absolute Gasteiger partial charge is 0.506 e. The van der Waals surface area contributed by atoms with Gasteiger partial charge in [-0.25, -0.2) is 4.79 Å². The molecule has 1 aromatic carbocycles. The smallest absolute Gasteiger partial charge is 0.504 e. The Morgan fingerprint density at radius 1 is 1.32 bits per heavy atom. The highest BCUT2D eigenvalue weighted by Crippen LogP contribution is 2.42. The number of diazo groups is 1. The predicted molar refractivity (Wildman–Crippen MR) is 127 cm³/mol. The summed E-state index contributed by atoms with van der Waals surface area (Å²) in [5.74, 6) is -2.78. The molecule has 1 aromatic heterocycles. The van der Waals surface area contributed by atoms with Gasteiger partial charge in [-0.05, 0) is 43.9 Å². The number of imide groups is 1. The van der Waals surface area contributed by atoms with E-state index in [0.717, 1.165) is 27.1 Å². The summed E-state index contributed by atoms with van der Waals surface area (Å²) in [5, 5.41) is 21.2. The SMILES string of the molecule is C=Cc1c(CC(=O)N2CCCC(CC)(/C(O)=C(\[N+]#N)C(=O)OCC)C2=O)c2ccccc2n1C. The van der Waals surface area contributed by atoms with E-state index in [1.54, 1.807) is 19.9 Å². The van der Waals surface area contributed by atoms with Gasteiger partial charge in [0.2, 0.25) is 23.0 Å². The molecule has 34 heavy (non-hydrogen) atoms. The number of esters is 1. The lowest BCUT2D eigenvalue weighted by molar-refractivity contribution is -0.155. The molecule has 9 heteroatoms. The Kier molecular flexibility index (Phi) is 7.20. The molecule has 0 saturated carbocycles. The van der Waals surface area contributed by atoms with Crippen LogP contribution >= 0.6 is 0 Å². The quantitative estimate of drug-likeness (QED) is 0.285. The minimum Gasteiger partial charge on any atom is -0.504 e. The van der Waals surface area contributed by atoms with Crippen molar-refractivity contribution in [2.75, 3.05) is 13.2 Å². The summed E-state index contributed by atoms with van der Waals surface area (Å²) >= 11 is 0. The van der Waals surface area contributed by atoms with E-state index in [1.807, 2.05) is 35.9 Å². The number of nitrogens with zero attached hydrogens (tertiary/aromatic N) is 4. The van der Waals surface area contributed by atoms with Crippen molar-refractivity contribution in [3.05, 3.63) is 58.5 Å². The van der Waals surface area contributed by atoms with Gasteiger partial charge in [-0.15, -0.1) is 0 Å². The molecule has 1 aliphatic rings. The number of fused-ring (bicyclic) bond motifs is 1. The molecule has 1 saturated heterocycles. The summed E-state index contributed by atoms with van der Waals surface area (Å²) in [6.45, 7) is 7.29. The first-order valence-corrected chi connectivity index (χ1v) is 11.3. The number of aliphatic hydroxyl groups is 1. The number of carbonyl (C=O) groups is 3. The molecular formula is C25H29N4O5+. The molecule has 0 spiro atoms. The topological polar surface area (TPSA) is 117 Å². The third-order valence-corrected chi connectivity index (χ3v) is 6.57. The van der Waals surface area contributed by atoms with Crippen molar-refractivity contribution in [2.24, 2.45) is 12.5 Å². The van der Waals surface area contributed by atoms with E-state index in [9.17, 15) is 24.9 Å². The van der Waals surface area contributed by atoms with Gasteiger partial charge in [-0.2, -0.15) is 0 Å². The average Bonchev–Trinajstić information content (AvgIpc) is 3.10. The monoisotopic (exact) mass is 465 g/mol. The fraction of sp³-hybridized carbons (Fsp3) is 0.400. The van der Waals surface area contributed by atoms with Crippen molar-refractivity contribution in [1.29, 1.82) is 5.39 Å². The number of ether oxygens (including phenoxy) is 1. The molecule has 2 aromatic rings. The molecular weight excluding hydrogens is 436 g/mol. The number of carbonyl (C=O) groups excluding carboxylic acids is 3. The number of hydrogen-bond donors (Lipinski definition) is 1. The first kappa shape index (κ1) is 24.7. The maximum absolute atomic E-state index is 13.6. The second-order valence-corrected chi connectivity index (χ2v) is 8.23. The van der Waals surface area contributed by atoms with Gasteiger partial charge in [-0.3, -0.25) is 14.5 Å². The Morgan fingerprint density at radius 2 is 2.03 bits per heavy atom. The number of hydrogen-bond acceptors (Lipinski definition) is 6. The fourth-order valence-electron chi connectivity index (χ4n) is 4.75. The Morgan fingerprint density at radius 3 is 2.65 bits per heavy atom. The summed E-state index contributed by atoms with van der Waals surface area (Å²) in [6.07, 6.45) is 2.36. The summed E-state index contributed by atoms with van der Waals surface area (Å²) in [7, 11) is 1.89. The predicted octanol–water partition coefficient (Wildman–Crippen LogP) is 4.09. The van der Waals surface area contributed by atoms with Gasteiger partial charge >= 0.3 is 11.7 Å². The van der Waals surface area contributed by atoms with Crippen molar-refractivity contribution >= 4 is 34.8 Å². The van der Waals surface area contributed by atoms with Gasteiger partial charge in [-0.1, -0.05) is 31.7 Å². The molecule has 0 radical (unpaired) electrons. The highest BCUT2D eigenvalue weighted by Gasteiger charge is 2.53. The Hall–Kier alpha value is -3.93. The van der Waals surface area contributed by atoms with Crippen LogP contribution in [0.4, 0.5) is 0 Å². The van der Waals surface area contributed by atoms with E-state index >= 15 is 0 Å². The van der Waals surface area contributed by atoms with E-state index in [0.29, 0.717) is 6.42 Å². The van der Waals surface area contributed by atoms with Crippen LogP contribution < -0.4 is 0 Å². The van der Waals surface area contributed by atoms with Crippen molar-refractivity contribution in [3.63, 3.8) is 0 Å². The number of aryl methyl sites for hydroxylation is 1. The number of amides is 2. The molecule has 1 atom stereocenters. The van der Waals surface area contributed by atoms with Crippen LogP contribution in [0.1, 0.15) is 44.4 Å². The lowest BCUT2D eigenvalue weighted by atomic mass is 9.74. The van der Waals surface area contributed by atoms with Gasteiger partial charge < -0.3 is 14.4 Å². The minimum absolute atomic E-state index is 0.000511. The van der Waals surface area contributed by atoms with E-state index in [2.05, 4.69) is 11.6 Å². The number of piperidine rings is 1. The maximum Gasteiger partial charge on any atom is 0.506 e. The highest BCUT2D eigenvalue weighted by molar-refractivity contribution is 6.03. The zero-order valence-electron chi connectivity index (χ0n) is 19.7. The first-order valence-electron chi connectivity index (χ1n) is 11.3. The van der Waals surface area contributed by atoms with Crippen LogP contribution in [-0.2, 0) is 32.6 Å². The van der Waals surface area contributed by atoms with Gasteiger partial charge in [0.05, 0.1) is 13.0 Å². The number of benzene rings is 1. The third kappa shape index (κ3) is 3.96. The van der Waals surface area contributed by atoms with Crippen LogP contribution in [0.3, 0.4) is 0 Å². The minimum atomic E-state index is -1.57. The summed E-state index contributed by atoms with van der Waals surface area (Å²) in [4.78, 5) is 43.2. The molecule has 1 N–H and O–H groups in total. The zero-order chi connectivity index (χ0) is 25.0. The van der Waals surface area contributed by atoms with Gasteiger partial charge in [0, 0.05) is 30.2 Å². The van der Waals surface area contributed by atoms with Crippen molar-refractivity contribution in [2.45, 2.75) is 39.5 Å². The lowest BCUT2D eigenvalue weighted by Gasteiger charge is -2.38. The number of aromatic nitrogens is 1. The number of rotatable bonds is 7. The maximum atomic E-state index is 13.6. The van der Waals surface area contributed by atoms with Gasteiger partial charge in [0.25, 0.3) is 0 Å². The molecule has 0 aliphatic carbocycles. The van der Waals surface area contributed by atoms with Gasteiger partial charge in [0.15, 0.2) is 4.98 Å². The average molecular weight is 466 g/mol. The van der Waals surface area contributed by atoms with Crippen LogP contribution in [-0.4, -0.2) is 45.5 Å². The third-order valence-electron chi connectivity index (χ3n) is 6.57. The summed E-state index contributed by atoms with van der Waals surface area (Å²) in [5.41, 5.74) is 0.192. The molecule has 1 unspecified atom stereocenters. The Balaban J connectivity index is 2.00. The van der Waals surface area contributed by atoms with Crippen LogP contribution in [0.5, 0.6) is 0 Å². The van der Waals surface area contributed by atoms with Crippen LogP contribution in [0.15, 0.2) is 42.3 Å². The summed E-state index contributed by atoms with van der Waals surface area (Å²) in [6, 6.07) is 7.66. The molecule has 2 amide bonds. The first-order chi connectivity index (χ1) is 16.3. The van der Waals surface area contributed by atoms with Crippen LogP contribution in [0.2, 0.25) is 0 Å². The van der Waals surface area contributed by atoms with E-state index in [-0.39, 0.29) is 32.4 Å². The zero-order valence-corrected chi connectivity index (χ0v) is 19.7. The second-order valence-electron chi connectivity index (χ2n) is 8.23. The standard InChI is InChI=1S/C25H28N4O5/c1-5-18-17(16-11-8-9-12-19(16)28(18)4)15-20(30)29-14-10-13-25(6-2,24(29)33)22(31)21(27-26)23(32)34-7-3/h5,8-9,11-12H,1,6-7,10,13-15H2,2-4H3/p+1. The van der Waals surface area contributed by atoms with Crippen molar-refractivity contribution < 1.29 is 24.2 Å². The van der Waals surface area contributed by atoms with E-state index in [1.165, 1.54) is 0 Å². The summed E-state index contributed by atoms with van der Waals surface area (Å²) < 4.78 is 6.79. The molecule has 3 rings (SSSR count). The van der Waals surface area contributed by atoms with Crippen LogP contribution in [0, 0.1) is 10.8 Å². The Labute approximate surface area is 197 Å². The molecule has 178 valence electrons. The normalized spacial score (nSPS) is 18.9. The van der Waals surface area contributed by atoms with Crippen molar-refractivity contribution in [3.8, 4) is 0 Å². The molecule has 1 aliphatic heterocycles. The Bertz CT molecular complexity index is 1240. The van der Waals surface area contributed by atoms with E-state index in [4.69, 9.17) is 4.74 Å². The number of para-hydroxylation sites is 1. The second kappa shape index (κ2) is 9.91. The molecule has 2 heterocycles. The number of likely N-dealkylation sites (tertiary alicyclic amines) is 1. The lowest BCUT2D eigenvalue weighted by Crippen LogP contribution is -2.52. The fourth-order valence-corrected chi connectivity index (χ4v) is 4.75. The van der Waals surface area contributed by atoms with Gasteiger partial charge in [0.1, 0.15) is 5.41 Å². The number of aliphatic hydroxyl groups excluding tert-OH is 1. The molecule has 0 bridgehead atoms. The van der Waals surface area contributed by atoms with Crippen LogP contribution in [0.25, 0.3) is 22.0 Å².